The van der Waals surface area contributed by atoms with E-state index in [1.165, 1.54) is 29.4 Å². The number of nitrogens with zero attached hydrogens (tertiary/aromatic N) is 1. The Morgan fingerprint density at radius 2 is 2.21 bits per heavy atom. The van der Waals surface area contributed by atoms with Gasteiger partial charge in [-0.3, -0.25) is 9.69 Å². The van der Waals surface area contributed by atoms with E-state index in [4.69, 9.17) is 4.42 Å². The molecule has 2 aromatic rings. The van der Waals surface area contributed by atoms with E-state index < -0.39 is 0 Å². The van der Waals surface area contributed by atoms with Crippen LogP contribution in [0.15, 0.2) is 22.6 Å². The Labute approximate surface area is 144 Å². The third-order valence-electron chi connectivity index (χ3n) is 5.09. The topological polar surface area (TPSA) is 45.5 Å². The molecule has 1 fully saturated rings. The van der Waals surface area contributed by atoms with E-state index in [-0.39, 0.29) is 5.91 Å². The van der Waals surface area contributed by atoms with Crippen LogP contribution in [0.5, 0.6) is 0 Å². The second-order valence-electron chi connectivity index (χ2n) is 7.16. The number of furan rings is 1. The summed E-state index contributed by atoms with van der Waals surface area (Å²) in [6, 6.07) is 6.39. The zero-order valence-corrected chi connectivity index (χ0v) is 15.0. The molecular weight excluding hydrogens is 300 g/mol. The van der Waals surface area contributed by atoms with Gasteiger partial charge in [0.2, 0.25) is 5.91 Å². The first-order valence-corrected chi connectivity index (χ1v) is 8.98. The lowest BCUT2D eigenvalue weighted by molar-refractivity contribution is -0.119. The van der Waals surface area contributed by atoms with Crippen LogP contribution in [0, 0.1) is 19.8 Å². The number of benzene rings is 1. The average Bonchev–Trinajstić information content (AvgIpc) is 2.84. The van der Waals surface area contributed by atoms with Crippen LogP contribution >= 0.6 is 0 Å². The number of piperidine rings is 1. The molecule has 3 rings (SSSR count). The van der Waals surface area contributed by atoms with Crippen molar-refractivity contribution in [3.63, 3.8) is 0 Å². The minimum atomic E-state index is 0.0656. The molecule has 4 nitrogen and oxygen atoms in total. The van der Waals surface area contributed by atoms with Crippen molar-refractivity contribution in [3.8, 4) is 0 Å². The van der Waals surface area contributed by atoms with E-state index in [9.17, 15) is 4.79 Å². The maximum atomic E-state index is 11.0. The molecule has 0 spiro atoms. The third kappa shape index (κ3) is 3.99. The molecule has 1 atom stereocenters. The molecule has 0 bridgehead atoms. The maximum absolute atomic E-state index is 11.0. The van der Waals surface area contributed by atoms with Crippen LogP contribution in [0.3, 0.4) is 0 Å². The maximum Gasteiger partial charge on any atom is 0.216 e. The molecule has 0 saturated carbocycles. The summed E-state index contributed by atoms with van der Waals surface area (Å²) in [4.78, 5) is 13.5. The zero-order chi connectivity index (χ0) is 17.1. The van der Waals surface area contributed by atoms with Crippen molar-refractivity contribution in [2.24, 2.45) is 5.92 Å². The van der Waals surface area contributed by atoms with Crippen molar-refractivity contribution < 1.29 is 9.21 Å². The molecule has 0 radical (unpaired) electrons. The first-order valence-electron chi connectivity index (χ1n) is 8.98. The van der Waals surface area contributed by atoms with Crippen LogP contribution < -0.4 is 5.32 Å². The second kappa shape index (κ2) is 7.39. The third-order valence-corrected chi connectivity index (χ3v) is 5.09. The molecule has 2 heterocycles. The molecule has 0 aliphatic carbocycles. The number of carbonyl (C=O) groups excluding carboxylic acids is 1. The fraction of sp³-hybridized carbons (Fsp3) is 0.550. The lowest BCUT2D eigenvalue weighted by atomic mass is 9.94. The number of nitrogens with one attached hydrogen (secondary N) is 1. The van der Waals surface area contributed by atoms with Gasteiger partial charge in [0.15, 0.2) is 0 Å². The largest absolute Gasteiger partial charge is 0.459 e. The number of fused-ring (bicyclic) bond motifs is 1. The number of likely N-dealkylation sites (tertiary alicyclic amines) is 1. The van der Waals surface area contributed by atoms with E-state index in [1.54, 1.807) is 6.92 Å². The number of carbonyl (C=O) groups is 1. The van der Waals surface area contributed by atoms with E-state index in [2.05, 4.69) is 42.3 Å². The summed E-state index contributed by atoms with van der Waals surface area (Å²) < 4.78 is 6.11. The zero-order valence-electron chi connectivity index (χ0n) is 15.0. The van der Waals surface area contributed by atoms with E-state index in [0.717, 1.165) is 43.9 Å². The van der Waals surface area contributed by atoms with Crippen molar-refractivity contribution >= 4 is 16.9 Å². The predicted molar refractivity (Wildman–Crippen MR) is 97.0 cm³/mol. The van der Waals surface area contributed by atoms with E-state index >= 15 is 0 Å². The minimum Gasteiger partial charge on any atom is -0.459 e. The molecule has 1 aromatic heterocycles. The number of aryl methyl sites for hydroxylation is 2. The molecule has 1 aliphatic heterocycles. The molecule has 1 amide bonds. The summed E-state index contributed by atoms with van der Waals surface area (Å²) in [7, 11) is 0. The normalized spacial score (nSPS) is 18.9. The fourth-order valence-corrected chi connectivity index (χ4v) is 3.72. The lowest BCUT2D eigenvalue weighted by Gasteiger charge is -2.32. The highest BCUT2D eigenvalue weighted by molar-refractivity contribution is 5.82. The van der Waals surface area contributed by atoms with Gasteiger partial charge in [-0.2, -0.15) is 0 Å². The van der Waals surface area contributed by atoms with Gasteiger partial charge in [0.25, 0.3) is 0 Å². The molecule has 1 saturated heterocycles. The van der Waals surface area contributed by atoms with Crippen molar-refractivity contribution in [3.05, 3.63) is 35.1 Å². The Kier molecular flexibility index (Phi) is 5.24. The van der Waals surface area contributed by atoms with Crippen LogP contribution in [0.2, 0.25) is 0 Å². The monoisotopic (exact) mass is 328 g/mol. The van der Waals surface area contributed by atoms with Gasteiger partial charge in [0.05, 0.1) is 6.54 Å². The Hall–Kier alpha value is -1.81. The van der Waals surface area contributed by atoms with Crippen LogP contribution in [0.1, 0.15) is 43.1 Å². The number of amides is 1. The number of hydrogen-bond donors (Lipinski definition) is 1. The Morgan fingerprint density at radius 3 is 3.00 bits per heavy atom. The highest BCUT2D eigenvalue weighted by atomic mass is 16.3. The quantitative estimate of drug-likeness (QED) is 0.908. The SMILES string of the molecule is CC(=O)NCCC1CCCN(Cc2oc3ccc(C)cc3c2C)C1. The molecule has 1 aliphatic rings. The van der Waals surface area contributed by atoms with Gasteiger partial charge in [-0.15, -0.1) is 0 Å². The van der Waals surface area contributed by atoms with Crippen molar-refractivity contribution in [2.75, 3.05) is 19.6 Å². The van der Waals surface area contributed by atoms with Gasteiger partial charge < -0.3 is 9.73 Å². The first-order chi connectivity index (χ1) is 11.5. The Bertz CT molecular complexity index is 720. The number of rotatable bonds is 5. The van der Waals surface area contributed by atoms with E-state index in [1.807, 2.05) is 0 Å². The summed E-state index contributed by atoms with van der Waals surface area (Å²) in [5.41, 5.74) is 3.54. The first kappa shape index (κ1) is 17.0. The van der Waals surface area contributed by atoms with Gasteiger partial charge >= 0.3 is 0 Å². The molecule has 1 aromatic carbocycles. The summed E-state index contributed by atoms with van der Waals surface area (Å²) in [5.74, 6) is 1.83. The molecule has 1 unspecified atom stereocenters. The van der Waals surface area contributed by atoms with Crippen LogP contribution in [-0.4, -0.2) is 30.4 Å². The van der Waals surface area contributed by atoms with Crippen molar-refractivity contribution in [2.45, 2.75) is 46.6 Å². The van der Waals surface area contributed by atoms with Gasteiger partial charge in [0.1, 0.15) is 11.3 Å². The highest BCUT2D eigenvalue weighted by Crippen LogP contribution is 2.28. The van der Waals surface area contributed by atoms with Crippen LogP contribution in [-0.2, 0) is 11.3 Å². The molecule has 24 heavy (non-hydrogen) atoms. The van der Waals surface area contributed by atoms with Crippen molar-refractivity contribution in [1.29, 1.82) is 0 Å². The Morgan fingerprint density at radius 1 is 1.38 bits per heavy atom. The fourth-order valence-electron chi connectivity index (χ4n) is 3.72. The van der Waals surface area contributed by atoms with Crippen molar-refractivity contribution in [1.82, 2.24) is 10.2 Å². The molecule has 1 N–H and O–H groups in total. The van der Waals surface area contributed by atoms with Gasteiger partial charge in [0, 0.05) is 25.4 Å². The predicted octanol–water partition coefficient (Wildman–Crippen LogP) is 3.79. The molecular formula is C20H28N2O2. The second-order valence-corrected chi connectivity index (χ2v) is 7.16. The van der Waals surface area contributed by atoms with Crippen LogP contribution in [0.25, 0.3) is 11.0 Å². The van der Waals surface area contributed by atoms with Gasteiger partial charge in [-0.25, -0.2) is 0 Å². The summed E-state index contributed by atoms with van der Waals surface area (Å²) in [6.45, 7) is 9.77. The highest BCUT2D eigenvalue weighted by Gasteiger charge is 2.22. The summed E-state index contributed by atoms with van der Waals surface area (Å²) in [6.07, 6.45) is 3.55. The molecule has 130 valence electrons. The average molecular weight is 328 g/mol. The lowest BCUT2D eigenvalue weighted by Crippen LogP contribution is -2.36. The summed E-state index contributed by atoms with van der Waals surface area (Å²) in [5, 5.41) is 4.15. The Balaban J connectivity index is 1.63. The standard InChI is InChI=1S/C20H28N2O2/c1-14-6-7-19-18(11-14)15(2)20(24-19)13-22-10-4-5-17(12-22)8-9-21-16(3)23/h6-7,11,17H,4-5,8-10,12-13H2,1-3H3,(H,21,23). The number of hydrogen-bond acceptors (Lipinski definition) is 3. The van der Waals surface area contributed by atoms with Crippen LogP contribution in [0.4, 0.5) is 0 Å². The minimum absolute atomic E-state index is 0.0656. The van der Waals surface area contributed by atoms with E-state index in [0.29, 0.717) is 5.92 Å². The smallest absolute Gasteiger partial charge is 0.216 e. The summed E-state index contributed by atoms with van der Waals surface area (Å²) >= 11 is 0. The van der Waals surface area contributed by atoms with Gasteiger partial charge in [-0.05, 0) is 63.3 Å². The molecule has 4 heteroatoms. The van der Waals surface area contributed by atoms with Gasteiger partial charge in [-0.1, -0.05) is 11.6 Å².